The molecular formula is C58H40N2. The third kappa shape index (κ3) is 6.32. The second-order valence-electron chi connectivity index (χ2n) is 15.3. The van der Waals surface area contributed by atoms with Crippen molar-refractivity contribution in [1.82, 2.24) is 4.57 Å². The minimum absolute atomic E-state index is 1.08. The molecule has 0 amide bonds. The SMILES string of the molecule is c1ccc(-c2ccc(-c3ccccc3-n3c4ccccc4c4ccc(N(c5ccccc5)c5ccc(-c6ccc7ccccc7c6)cc5-c5ccccc5)cc43)cc2)cc1. The highest BCUT2D eigenvalue weighted by atomic mass is 15.1. The molecule has 1 aromatic heterocycles. The average Bonchev–Trinajstić information content (AvgIpc) is 3.66. The van der Waals surface area contributed by atoms with Crippen LogP contribution >= 0.6 is 0 Å². The van der Waals surface area contributed by atoms with Gasteiger partial charge in [-0.2, -0.15) is 0 Å². The molecule has 0 fully saturated rings. The van der Waals surface area contributed by atoms with Gasteiger partial charge in [-0.3, -0.25) is 0 Å². The highest BCUT2D eigenvalue weighted by Gasteiger charge is 2.22. The van der Waals surface area contributed by atoms with Gasteiger partial charge in [0.2, 0.25) is 0 Å². The Labute approximate surface area is 350 Å². The van der Waals surface area contributed by atoms with E-state index in [0.29, 0.717) is 0 Å². The maximum atomic E-state index is 2.46. The average molecular weight is 765 g/mol. The minimum atomic E-state index is 1.08. The van der Waals surface area contributed by atoms with Crippen molar-refractivity contribution >= 4 is 49.6 Å². The van der Waals surface area contributed by atoms with Crippen molar-refractivity contribution in [1.29, 1.82) is 0 Å². The lowest BCUT2D eigenvalue weighted by Crippen LogP contribution is -2.11. The zero-order valence-corrected chi connectivity index (χ0v) is 33.0. The van der Waals surface area contributed by atoms with Gasteiger partial charge in [-0.25, -0.2) is 0 Å². The molecule has 0 saturated heterocycles. The number of rotatable bonds is 8. The lowest BCUT2D eigenvalue weighted by molar-refractivity contribution is 1.18. The number of nitrogens with zero attached hydrogens (tertiary/aromatic N) is 2. The minimum Gasteiger partial charge on any atom is -0.310 e. The molecule has 0 aliphatic carbocycles. The van der Waals surface area contributed by atoms with E-state index in [1.54, 1.807) is 0 Å². The van der Waals surface area contributed by atoms with Gasteiger partial charge in [0.15, 0.2) is 0 Å². The fourth-order valence-electron chi connectivity index (χ4n) is 8.88. The Morgan fingerprint density at radius 1 is 0.283 bits per heavy atom. The van der Waals surface area contributed by atoms with Gasteiger partial charge in [0, 0.05) is 33.3 Å². The molecule has 60 heavy (non-hydrogen) atoms. The Kier molecular flexibility index (Phi) is 8.87. The van der Waals surface area contributed by atoms with Crippen LogP contribution in [0.25, 0.3) is 82.8 Å². The molecule has 11 rings (SSSR count). The molecule has 1 heterocycles. The molecule has 2 nitrogen and oxygen atoms in total. The lowest BCUT2D eigenvalue weighted by Gasteiger charge is -2.28. The van der Waals surface area contributed by atoms with Crippen LogP contribution in [0.15, 0.2) is 243 Å². The number of fused-ring (bicyclic) bond motifs is 4. The molecule has 0 aliphatic rings. The van der Waals surface area contributed by atoms with E-state index in [0.717, 1.165) is 33.8 Å². The van der Waals surface area contributed by atoms with E-state index in [9.17, 15) is 0 Å². The fraction of sp³-hybridized carbons (Fsp3) is 0. The second kappa shape index (κ2) is 15.1. The Balaban J connectivity index is 1.11. The van der Waals surface area contributed by atoms with Gasteiger partial charge < -0.3 is 9.47 Å². The molecule has 0 saturated carbocycles. The molecule has 0 aliphatic heterocycles. The number of benzene rings is 10. The zero-order chi connectivity index (χ0) is 39.8. The van der Waals surface area contributed by atoms with Gasteiger partial charge in [0.25, 0.3) is 0 Å². The van der Waals surface area contributed by atoms with Gasteiger partial charge in [-0.1, -0.05) is 188 Å². The molecular weight excluding hydrogens is 725 g/mol. The van der Waals surface area contributed by atoms with Crippen molar-refractivity contribution in [3.05, 3.63) is 243 Å². The summed E-state index contributed by atoms with van der Waals surface area (Å²) < 4.78 is 2.46. The summed E-state index contributed by atoms with van der Waals surface area (Å²) in [5, 5.41) is 4.92. The second-order valence-corrected chi connectivity index (χ2v) is 15.3. The summed E-state index contributed by atoms with van der Waals surface area (Å²) >= 11 is 0. The molecule has 0 unspecified atom stereocenters. The third-order valence-electron chi connectivity index (χ3n) is 11.8. The zero-order valence-electron chi connectivity index (χ0n) is 33.0. The summed E-state index contributed by atoms with van der Waals surface area (Å²) in [4.78, 5) is 2.42. The monoisotopic (exact) mass is 764 g/mol. The summed E-state index contributed by atoms with van der Waals surface area (Å²) in [5.74, 6) is 0. The van der Waals surface area contributed by atoms with Crippen molar-refractivity contribution in [3.8, 4) is 50.2 Å². The first-order valence-corrected chi connectivity index (χ1v) is 20.6. The van der Waals surface area contributed by atoms with Gasteiger partial charge in [-0.05, 0) is 98.8 Å². The van der Waals surface area contributed by atoms with Crippen molar-refractivity contribution in [2.45, 2.75) is 0 Å². The van der Waals surface area contributed by atoms with Gasteiger partial charge in [-0.15, -0.1) is 0 Å². The van der Waals surface area contributed by atoms with Gasteiger partial charge in [0.05, 0.1) is 22.4 Å². The van der Waals surface area contributed by atoms with Crippen LogP contribution in [0.3, 0.4) is 0 Å². The molecule has 0 atom stereocenters. The van der Waals surface area contributed by atoms with Crippen LogP contribution in [0.2, 0.25) is 0 Å². The van der Waals surface area contributed by atoms with E-state index >= 15 is 0 Å². The smallest absolute Gasteiger partial charge is 0.0562 e. The first-order chi connectivity index (χ1) is 29.8. The fourth-order valence-corrected chi connectivity index (χ4v) is 8.88. The predicted molar refractivity (Wildman–Crippen MR) is 255 cm³/mol. The number of aromatic nitrogens is 1. The first-order valence-electron chi connectivity index (χ1n) is 20.6. The normalized spacial score (nSPS) is 11.3. The van der Waals surface area contributed by atoms with Gasteiger partial charge >= 0.3 is 0 Å². The van der Waals surface area contributed by atoms with E-state index < -0.39 is 0 Å². The van der Waals surface area contributed by atoms with Crippen LogP contribution in [-0.4, -0.2) is 4.57 Å². The van der Waals surface area contributed by atoms with Crippen molar-refractivity contribution < 1.29 is 0 Å². The molecule has 0 radical (unpaired) electrons. The molecule has 0 bridgehead atoms. The van der Waals surface area contributed by atoms with Crippen LogP contribution < -0.4 is 4.90 Å². The van der Waals surface area contributed by atoms with Gasteiger partial charge in [0.1, 0.15) is 0 Å². The number of hydrogen-bond donors (Lipinski definition) is 0. The number of anilines is 3. The Morgan fingerprint density at radius 3 is 1.63 bits per heavy atom. The van der Waals surface area contributed by atoms with E-state index in [2.05, 4.69) is 252 Å². The van der Waals surface area contributed by atoms with E-state index in [4.69, 9.17) is 0 Å². The Hall–Kier alpha value is -7.94. The van der Waals surface area contributed by atoms with Crippen LogP contribution in [0.1, 0.15) is 0 Å². The Morgan fingerprint density at radius 2 is 0.833 bits per heavy atom. The topological polar surface area (TPSA) is 8.17 Å². The molecule has 10 aromatic carbocycles. The maximum absolute atomic E-state index is 2.46. The number of hydrogen-bond acceptors (Lipinski definition) is 1. The molecule has 0 N–H and O–H groups in total. The van der Waals surface area contributed by atoms with Crippen LogP contribution in [-0.2, 0) is 0 Å². The van der Waals surface area contributed by atoms with E-state index in [1.807, 2.05) is 0 Å². The standard InChI is InChI=1S/C58H40N2/c1-4-16-41(17-5-1)43-28-31-45(32-29-43)51-24-12-14-26-55(51)60-56-27-15-13-25-52(56)53-36-35-50(40-58(53)60)59(49-22-8-3-9-23-49)57-37-34-48(39-54(57)44-19-6-2-7-20-44)47-33-30-42-18-10-11-21-46(42)38-47/h1-40H. The van der Waals surface area contributed by atoms with Crippen molar-refractivity contribution in [2.75, 3.05) is 4.90 Å². The van der Waals surface area contributed by atoms with Crippen LogP contribution in [0.4, 0.5) is 17.1 Å². The van der Waals surface area contributed by atoms with Crippen molar-refractivity contribution in [2.24, 2.45) is 0 Å². The molecule has 0 spiro atoms. The molecule has 2 heteroatoms. The van der Waals surface area contributed by atoms with Crippen LogP contribution in [0, 0.1) is 0 Å². The molecule has 11 aromatic rings. The highest BCUT2D eigenvalue weighted by Crippen LogP contribution is 2.45. The third-order valence-corrected chi connectivity index (χ3v) is 11.8. The quantitative estimate of drug-likeness (QED) is 0.150. The van der Waals surface area contributed by atoms with E-state index in [-0.39, 0.29) is 0 Å². The Bertz CT molecular complexity index is 3290. The summed E-state index contributed by atoms with van der Waals surface area (Å²) in [6.07, 6.45) is 0. The largest absolute Gasteiger partial charge is 0.310 e. The summed E-state index contributed by atoms with van der Waals surface area (Å²) in [6.45, 7) is 0. The van der Waals surface area contributed by atoms with Crippen LogP contribution in [0.5, 0.6) is 0 Å². The van der Waals surface area contributed by atoms with E-state index in [1.165, 1.54) is 66.0 Å². The van der Waals surface area contributed by atoms with Crippen molar-refractivity contribution in [3.63, 3.8) is 0 Å². The summed E-state index contributed by atoms with van der Waals surface area (Å²) in [7, 11) is 0. The summed E-state index contributed by atoms with van der Waals surface area (Å²) in [6, 6.07) is 88.0. The highest BCUT2D eigenvalue weighted by molar-refractivity contribution is 6.11. The summed E-state index contributed by atoms with van der Waals surface area (Å²) in [5.41, 5.74) is 16.2. The first kappa shape index (κ1) is 35.2. The lowest BCUT2D eigenvalue weighted by atomic mass is 9.95. The predicted octanol–water partition coefficient (Wildman–Crippen LogP) is 16.1. The molecule has 282 valence electrons. The number of para-hydroxylation sites is 3. The maximum Gasteiger partial charge on any atom is 0.0562 e.